The first-order valence-corrected chi connectivity index (χ1v) is 8.61. The van der Waals surface area contributed by atoms with E-state index in [-0.39, 0.29) is 35.3 Å². The van der Waals surface area contributed by atoms with E-state index >= 15 is 0 Å². The molecule has 0 aliphatic carbocycles. The third kappa shape index (κ3) is 8.88. The molecule has 0 aliphatic heterocycles. The van der Waals surface area contributed by atoms with Gasteiger partial charge >= 0.3 is 6.18 Å². The Hall–Kier alpha value is -2.05. The molecule has 2 N–H and O–H groups in total. The van der Waals surface area contributed by atoms with Crippen LogP contribution in [0.15, 0.2) is 33.9 Å². The number of nitrogens with zero attached hydrogens (tertiary/aromatic N) is 3. The first-order chi connectivity index (χ1) is 13.1. The van der Waals surface area contributed by atoms with Crippen molar-refractivity contribution in [3.63, 3.8) is 0 Å². The Morgan fingerprint density at radius 2 is 1.79 bits per heavy atom. The van der Waals surface area contributed by atoms with Crippen LogP contribution in [0.1, 0.15) is 38.0 Å². The number of hydrogen-bond donors (Lipinski definition) is 2. The Balaban J connectivity index is 0.00000420. The number of ether oxygens (including phenoxy) is 1. The summed E-state index contributed by atoms with van der Waals surface area (Å²) < 4.78 is 46.7. The molecule has 0 unspecified atom stereocenters. The van der Waals surface area contributed by atoms with Crippen molar-refractivity contribution in [1.29, 1.82) is 0 Å². The molecule has 11 heteroatoms. The first-order valence-electron chi connectivity index (χ1n) is 8.61. The summed E-state index contributed by atoms with van der Waals surface area (Å²) in [5, 5.41) is 6.16. The molecule has 0 saturated carbocycles. The maximum atomic E-state index is 12.1. The topological polar surface area (TPSA) is 84.6 Å². The summed E-state index contributed by atoms with van der Waals surface area (Å²) in [5.74, 6) is 1.78. The SMILES string of the molecule is CN=C(NCc1ccc(OCC(F)(F)F)nc1)NCc1ncc(C(C)(C)C)o1.I. The zero-order valence-electron chi connectivity index (χ0n) is 16.6. The third-order valence-corrected chi connectivity index (χ3v) is 3.56. The van der Waals surface area contributed by atoms with Crippen molar-refractivity contribution in [3.8, 4) is 5.88 Å². The summed E-state index contributed by atoms with van der Waals surface area (Å²) in [6.45, 7) is 5.49. The van der Waals surface area contributed by atoms with Crippen molar-refractivity contribution in [2.75, 3.05) is 13.7 Å². The van der Waals surface area contributed by atoms with Crippen LogP contribution in [0.2, 0.25) is 0 Å². The Bertz CT molecular complexity index is 786. The van der Waals surface area contributed by atoms with Crippen molar-refractivity contribution in [2.24, 2.45) is 4.99 Å². The van der Waals surface area contributed by atoms with E-state index in [0.29, 0.717) is 24.9 Å². The van der Waals surface area contributed by atoms with E-state index in [1.165, 1.54) is 12.3 Å². The average Bonchev–Trinajstić information content (AvgIpc) is 3.10. The molecule has 0 aliphatic rings. The fourth-order valence-electron chi connectivity index (χ4n) is 2.06. The molecule has 0 amide bonds. The second-order valence-corrected chi connectivity index (χ2v) is 7.06. The summed E-state index contributed by atoms with van der Waals surface area (Å²) >= 11 is 0. The van der Waals surface area contributed by atoms with Gasteiger partial charge in [0.2, 0.25) is 11.8 Å². The van der Waals surface area contributed by atoms with Gasteiger partial charge in [-0.25, -0.2) is 9.97 Å². The highest BCUT2D eigenvalue weighted by molar-refractivity contribution is 14.0. The Morgan fingerprint density at radius 1 is 1.10 bits per heavy atom. The molecule has 0 radical (unpaired) electrons. The fraction of sp³-hybridized carbons (Fsp3) is 0.500. The van der Waals surface area contributed by atoms with Crippen LogP contribution in [-0.2, 0) is 18.5 Å². The van der Waals surface area contributed by atoms with E-state index in [0.717, 1.165) is 11.3 Å². The second kappa shape index (κ2) is 10.6. The van der Waals surface area contributed by atoms with Crippen molar-refractivity contribution < 1.29 is 22.3 Å². The zero-order chi connectivity index (χ0) is 20.8. The number of halogens is 4. The number of aromatic nitrogens is 2. The lowest BCUT2D eigenvalue weighted by Gasteiger charge is -2.13. The van der Waals surface area contributed by atoms with Crippen molar-refractivity contribution in [3.05, 3.63) is 41.7 Å². The molecule has 0 aromatic carbocycles. The monoisotopic (exact) mass is 527 g/mol. The van der Waals surface area contributed by atoms with Gasteiger partial charge in [0.15, 0.2) is 12.6 Å². The molecular formula is C18H25F3IN5O2. The molecule has 2 aromatic rings. The van der Waals surface area contributed by atoms with Crippen LogP contribution >= 0.6 is 24.0 Å². The fourth-order valence-corrected chi connectivity index (χ4v) is 2.06. The number of alkyl halides is 3. The number of aliphatic imine (C=N–C) groups is 1. The van der Waals surface area contributed by atoms with Gasteiger partial charge in [0, 0.05) is 31.3 Å². The molecule has 0 spiro atoms. The largest absolute Gasteiger partial charge is 0.468 e. The summed E-state index contributed by atoms with van der Waals surface area (Å²) in [7, 11) is 1.62. The number of pyridine rings is 1. The van der Waals surface area contributed by atoms with Crippen LogP contribution in [0.4, 0.5) is 13.2 Å². The van der Waals surface area contributed by atoms with Crippen LogP contribution in [-0.4, -0.2) is 35.8 Å². The molecule has 0 saturated heterocycles. The molecule has 0 atom stereocenters. The van der Waals surface area contributed by atoms with Gasteiger partial charge in [0.05, 0.1) is 12.7 Å². The molecule has 2 rings (SSSR count). The molecule has 7 nitrogen and oxygen atoms in total. The van der Waals surface area contributed by atoms with Crippen LogP contribution < -0.4 is 15.4 Å². The predicted molar refractivity (Wildman–Crippen MR) is 113 cm³/mol. The molecule has 162 valence electrons. The van der Waals surface area contributed by atoms with Gasteiger partial charge in [-0.1, -0.05) is 26.8 Å². The number of hydrogen-bond acceptors (Lipinski definition) is 5. The quantitative estimate of drug-likeness (QED) is 0.338. The smallest absolute Gasteiger partial charge is 0.422 e. The van der Waals surface area contributed by atoms with Gasteiger partial charge in [-0.05, 0) is 5.56 Å². The van der Waals surface area contributed by atoms with Gasteiger partial charge in [-0.2, -0.15) is 13.2 Å². The van der Waals surface area contributed by atoms with E-state index < -0.39 is 12.8 Å². The highest BCUT2D eigenvalue weighted by Crippen LogP contribution is 2.22. The van der Waals surface area contributed by atoms with E-state index in [1.54, 1.807) is 19.3 Å². The number of nitrogens with one attached hydrogen (secondary N) is 2. The first kappa shape index (κ1) is 25.0. The molecule has 0 fully saturated rings. The van der Waals surface area contributed by atoms with Crippen LogP contribution in [0.3, 0.4) is 0 Å². The minimum absolute atomic E-state index is 0. The minimum atomic E-state index is -4.39. The maximum absolute atomic E-state index is 12.1. The third-order valence-electron chi connectivity index (χ3n) is 3.56. The summed E-state index contributed by atoms with van der Waals surface area (Å²) in [6.07, 6.45) is -1.24. The molecule has 29 heavy (non-hydrogen) atoms. The molecule has 2 aromatic heterocycles. The minimum Gasteiger partial charge on any atom is -0.468 e. The van der Waals surface area contributed by atoms with E-state index in [2.05, 4.69) is 30.3 Å². The molecule has 2 heterocycles. The number of rotatable bonds is 6. The van der Waals surface area contributed by atoms with E-state index in [4.69, 9.17) is 4.42 Å². The predicted octanol–water partition coefficient (Wildman–Crippen LogP) is 3.79. The summed E-state index contributed by atoms with van der Waals surface area (Å²) in [6, 6.07) is 3.02. The van der Waals surface area contributed by atoms with Crippen LogP contribution in [0.25, 0.3) is 0 Å². The lowest BCUT2D eigenvalue weighted by molar-refractivity contribution is -0.154. The second-order valence-electron chi connectivity index (χ2n) is 7.06. The lowest BCUT2D eigenvalue weighted by atomic mass is 9.94. The maximum Gasteiger partial charge on any atom is 0.422 e. The number of guanidine groups is 1. The Kier molecular flexibility index (Phi) is 9.17. The van der Waals surface area contributed by atoms with Crippen LogP contribution in [0.5, 0.6) is 5.88 Å². The number of oxazole rings is 1. The lowest BCUT2D eigenvalue weighted by Crippen LogP contribution is -2.36. The van der Waals surface area contributed by atoms with Crippen molar-refractivity contribution in [1.82, 2.24) is 20.6 Å². The highest BCUT2D eigenvalue weighted by Gasteiger charge is 2.28. The van der Waals surface area contributed by atoms with Gasteiger partial charge in [-0.15, -0.1) is 24.0 Å². The van der Waals surface area contributed by atoms with Crippen molar-refractivity contribution >= 4 is 29.9 Å². The van der Waals surface area contributed by atoms with Gasteiger partial charge in [0.25, 0.3) is 0 Å². The van der Waals surface area contributed by atoms with Crippen LogP contribution in [0, 0.1) is 0 Å². The van der Waals surface area contributed by atoms with E-state index in [9.17, 15) is 13.2 Å². The molecule has 0 bridgehead atoms. The standard InChI is InChI=1S/C18H24F3N5O2.HI/c1-17(2,3)13-9-24-15(28-13)10-26-16(22-4)25-8-12-5-6-14(23-7-12)27-11-18(19,20)21;/h5-7,9H,8,10-11H2,1-4H3,(H2,22,25,26);1H. The van der Waals surface area contributed by atoms with Gasteiger partial charge in [-0.3, -0.25) is 4.99 Å². The Morgan fingerprint density at radius 3 is 2.31 bits per heavy atom. The van der Waals surface area contributed by atoms with Crippen molar-refractivity contribution in [2.45, 2.75) is 45.5 Å². The summed E-state index contributed by atoms with van der Waals surface area (Å²) in [5.41, 5.74) is 0.641. The highest BCUT2D eigenvalue weighted by atomic mass is 127. The Labute approximate surface area is 184 Å². The normalized spacial score (nSPS) is 12.3. The summed E-state index contributed by atoms with van der Waals surface area (Å²) in [4.78, 5) is 12.2. The zero-order valence-corrected chi connectivity index (χ0v) is 19.0. The van der Waals surface area contributed by atoms with Gasteiger partial charge in [0.1, 0.15) is 5.76 Å². The van der Waals surface area contributed by atoms with E-state index in [1.807, 2.05) is 20.8 Å². The van der Waals surface area contributed by atoms with Gasteiger partial charge < -0.3 is 19.8 Å². The molecular weight excluding hydrogens is 502 g/mol. The average molecular weight is 527 g/mol.